The second-order valence-corrected chi connectivity index (χ2v) is 16.1. The lowest BCUT2D eigenvalue weighted by Crippen LogP contribution is -2.35. The molecular weight excluding hydrogens is 767 g/mol. The fourth-order valence-electron chi connectivity index (χ4n) is 8.49. The molecule has 1 saturated heterocycles. The van der Waals surface area contributed by atoms with Crippen LogP contribution in [0.25, 0.3) is 83.8 Å². The highest BCUT2D eigenvalue weighted by molar-refractivity contribution is 5.97. The van der Waals surface area contributed by atoms with E-state index in [-0.39, 0.29) is 0 Å². The highest BCUT2D eigenvalue weighted by Gasteiger charge is 2.16. The lowest BCUT2D eigenvalue weighted by molar-refractivity contribution is 0.0342. The average molecular weight is 814 g/mol. The molecule has 9 aromatic rings. The number of benzene rings is 1. The summed E-state index contributed by atoms with van der Waals surface area (Å²) < 4.78 is 5.49. The van der Waals surface area contributed by atoms with Gasteiger partial charge in [-0.05, 0) is 133 Å². The third-order valence-corrected chi connectivity index (χ3v) is 11.6. The van der Waals surface area contributed by atoms with Crippen LogP contribution in [0.2, 0.25) is 0 Å². The van der Waals surface area contributed by atoms with Crippen molar-refractivity contribution in [3.8, 4) is 56.2 Å². The molecule has 1 aliphatic carbocycles. The number of hydrogen-bond donors (Lipinski definition) is 2. The van der Waals surface area contributed by atoms with Crippen LogP contribution in [0.3, 0.4) is 0 Å². The van der Waals surface area contributed by atoms with E-state index in [4.69, 9.17) is 14.7 Å². The van der Waals surface area contributed by atoms with Gasteiger partial charge in [0.25, 0.3) is 0 Å². The predicted molar refractivity (Wildman–Crippen MR) is 248 cm³/mol. The van der Waals surface area contributed by atoms with E-state index in [1.54, 1.807) is 0 Å². The van der Waals surface area contributed by atoms with Gasteiger partial charge in [-0.15, -0.1) is 0 Å². The Labute approximate surface area is 360 Å². The van der Waals surface area contributed by atoms with Crippen molar-refractivity contribution in [2.75, 3.05) is 26.3 Å². The summed E-state index contributed by atoms with van der Waals surface area (Å²) in [5, 5.41) is 2.17. The Morgan fingerprint density at radius 2 is 1.15 bits per heavy atom. The highest BCUT2D eigenvalue weighted by Crippen LogP contribution is 2.36. The van der Waals surface area contributed by atoms with E-state index >= 15 is 0 Å². The van der Waals surface area contributed by atoms with Gasteiger partial charge in [0, 0.05) is 95.7 Å². The van der Waals surface area contributed by atoms with Crippen LogP contribution in [-0.2, 0) is 11.3 Å². The van der Waals surface area contributed by atoms with Crippen LogP contribution < -0.4 is 0 Å². The van der Waals surface area contributed by atoms with E-state index in [9.17, 15) is 0 Å². The van der Waals surface area contributed by atoms with E-state index in [0.717, 1.165) is 123 Å². The molecule has 1 fully saturated rings. The summed E-state index contributed by atoms with van der Waals surface area (Å²) in [5.41, 5.74) is 17.7. The van der Waals surface area contributed by atoms with Crippen molar-refractivity contribution in [1.29, 1.82) is 0 Å². The van der Waals surface area contributed by atoms with E-state index in [1.807, 2.05) is 87.4 Å². The standard InChI is InChI=1S/C29H27N5O.C23H20N4/c1-20-4-2-7-27(32-20)28-16-26(25-8-9-31-29(25)33-28)24-15-23(17-30-18-24)22-6-3-5-21(14-22)19-34-10-12-35-13-11-34;1-15-5-4-8-21(26-15)22-12-20(19-9-10-25-23(19)27-22)18-11-17(13-24-14-18)16-6-2-3-7-16/h2-9,14-18H,10-13,19H2,1H3,(H,31,33);4-6,8-14H,2-3,7H2,1H3,(H,25,27). The molecule has 8 aromatic heterocycles. The number of fused-ring (bicyclic) bond motifs is 2. The summed E-state index contributed by atoms with van der Waals surface area (Å²) in [6, 6.07) is 33.7. The fraction of sp³-hybridized carbons (Fsp3) is 0.192. The molecule has 11 rings (SSSR count). The Morgan fingerprint density at radius 1 is 0.565 bits per heavy atom. The molecule has 2 N–H and O–H groups in total. The molecule has 0 radical (unpaired) electrons. The first-order chi connectivity index (χ1) is 30.5. The zero-order valence-electron chi connectivity index (χ0n) is 35.0. The quantitative estimate of drug-likeness (QED) is 0.156. The van der Waals surface area contributed by atoms with Gasteiger partial charge in [-0.25, -0.2) is 9.97 Å². The number of aromatic amines is 2. The summed E-state index contributed by atoms with van der Waals surface area (Å²) >= 11 is 0. The number of nitrogens with zero attached hydrogens (tertiary/aromatic N) is 7. The van der Waals surface area contributed by atoms with E-state index in [1.165, 1.54) is 35.1 Å². The Morgan fingerprint density at radius 3 is 1.74 bits per heavy atom. The molecule has 1 aromatic carbocycles. The van der Waals surface area contributed by atoms with Gasteiger partial charge >= 0.3 is 0 Å². The van der Waals surface area contributed by atoms with E-state index < -0.39 is 0 Å². The van der Waals surface area contributed by atoms with Gasteiger partial charge in [0.2, 0.25) is 0 Å². The van der Waals surface area contributed by atoms with Crippen molar-refractivity contribution in [2.24, 2.45) is 0 Å². The average Bonchev–Trinajstić information content (AvgIpc) is 4.13. The Balaban J connectivity index is 0.000000153. The van der Waals surface area contributed by atoms with Crippen LogP contribution in [0.4, 0.5) is 0 Å². The maximum Gasteiger partial charge on any atom is 0.138 e. The van der Waals surface area contributed by atoms with Crippen molar-refractivity contribution >= 4 is 27.6 Å². The number of morpholine rings is 1. The molecule has 1 aliphatic heterocycles. The number of pyridine rings is 6. The molecule has 0 atom stereocenters. The molecule has 0 unspecified atom stereocenters. The minimum atomic E-state index is 0.811. The van der Waals surface area contributed by atoms with Gasteiger partial charge < -0.3 is 14.7 Å². The maximum absolute atomic E-state index is 5.49. The zero-order chi connectivity index (χ0) is 41.8. The molecule has 10 nitrogen and oxygen atoms in total. The normalized spacial score (nSPS) is 14.2. The fourth-order valence-corrected chi connectivity index (χ4v) is 8.49. The Hall–Kier alpha value is -7.14. The number of ether oxygens (including phenoxy) is 1. The molecule has 62 heavy (non-hydrogen) atoms. The predicted octanol–water partition coefficient (Wildman–Crippen LogP) is 11.1. The number of allylic oxidation sites excluding steroid dienone is 2. The van der Waals surface area contributed by atoms with Gasteiger partial charge in [-0.3, -0.25) is 24.8 Å². The molecule has 10 heteroatoms. The highest BCUT2D eigenvalue weighted by atomic mass is 16.5. The third kappa shape index (κ3) is 8.43. The van der Waals surface area contributed by atoms with Crippen LogP contribution in [0.15, 0.2) is 140 Å². The van der Waals surface area contributed by atoms with Crippen LogP contribution >= 0.6 is 0 Å². The summed E-state index contributed by atoms with van der Waals surface area (Å²) in [7, 11) is 0. The number of aromatic nitrogens is 8. The van der Waals surface area contributed by atoms with Gasteiger partial charge in [0.1, 0.15) is 11.3 Å². The Bertz CT molecular complexity index is 3070. The number of H-pyrrole nitrogens is 2. The van der Waals surface area contributed by atoms with Crippen molar-refractivity contribution in [3.63, 3.8) is 0 Å². The molecule has 2 aliphatic rings. The van der Waals surface area contributed by atoms with Crippen molar-refractivity contribution in [1.82, 2.24) is 44.8 Å². The topological polar surface area (TPSA) is 121 Å². The molecule has 9 heterocycles. The van der Waals surface area contributed by atoms with Crippen molar-refractivity contribution < 1.29 is 4.74 Å². The second-order valence-electron chi connectivity index (χ2n) is 16.1. The lowest BCUT2D eigenvalue weighted by Gasteiger charge is -2.26. The third-order valence-electron chi connectivity index (χ3n) is 11.6. The lowest BCUT2D eigenvalue weighted by atomic mass is 9.98. The SMILES string of the molecule is Cc1cccc(-c2cc(-c3cncc(-c4cccc(CN5CCOCC5)c4)c3)c3cc[nH]c3n2)n1.Cc1cccc(-c2cc(-c3cncc(C4=CCCC4)c3)c3cc[nH]c3n2)n1. The molecule has 0 amide bonds. The molecule has 306 valence electrons. The first-order valence-corrected chi connectivity index (χ1v) is 21.3. The molecular formula is C52H47N9O. The molecule has 0 bridgehead atoms. The summed E-state index contributed by atoms with van der Waals surface area (Å²) in [4.78, 5) is 37.1. The second kappa shape index (κ2) is 17.5. The largest absolute Gasteiger partial charge is 0.379 e. The smallest absolute Gasteiger partial charge is 0.138 e. The van der Waals surface area contributed by atoms with E-state index in [2.05, 4.69) is 102 Å². The number of aryl methyl sites for hydroxylation is 2. The van der Waals surface area contributed by atoms with Gasteiger partial charge in [-0.1, -0.05) is 36.4 Å². The minimum absolute atomic E-state index is 0.811. The monoisotopic (exact) mass is 813 g/mol. The van der Waals surface area contributed by atoms with Gasteiger partial charge in [0.15, 0.2) is 0 Å². The van der Waals surface area contributed by atoms with E-state index in [0.29, 0.717) is 0 Å². The number of hydrogen-bond acceptors (Lipinski definition) is 8. The van der Waals surface area contributed by atoms with Crippen LogP contribution in [-0.4, -0.2) is 71.1 Å². The summed E-state index contributed by atoms with van der Waals surface area (Å²) in [5.74, 6) is 0. The van der Waals surface area contributed by atoms with Crippen molar-refractivity contribution in [2.45, 2.75) is 39.7 Å². The van der Waals surface area contributed by atoms with Crippen LogP contribution in [0.1, 0.15) is 41.8 Å². The maximum atomic E-state index is 5.49. The molecule has 0 spiro atoms. The molecule has 0 saturated carbocycles. The summed E-state index contributed by atoms with van der Waals surface area (Å²) in [6.45, 7) is 8.52. The first kappa shape index (κ1) is 39.0. The summed E-state index contributed by atoms with van der Waals surface area (Å²) in [6.07, 6.45) is 17.5. The first-order valence-electron chi connectivity index (χ1n) is 21.3. The number of nitrogens with one attached hydrogen (secondary N) is 2. The number of rotatable bonds is 8. The zero-order valence-corrected chi connectivity index (χ0v) is 35.0. The van der Waals surface area contributed by atoms with Crippen LogP contribution in [0.5, 0.6) is 0 Å². The van der Waals surface area contributed by atoms with Gasteiger partial charge in [-0.2, -0.15) is 0 Å². The Kier molecular flexibility index (Phi) is 11.0. The minimum Gasteiger partial charge on any atom is -0.379 e. The van der Waals surface area contributed by atoms with Gasteiger partial charge in [0.05, 0.1) is 36.0 Å². The van der Waals surface area contributed by atoms with Crippen LogP contribution in [0, 0.1) is 13.8 Å². The van der Waals surface area contributed by atoms with Crippen molar-refractivity contribution in [3.05, 3.63) is 163 Å².